The number of halogens is 2. The summed E-state index contributed by atoms with van der Waals surface area (Å²) in [6.07, 6.45) is 0.567. The molecule has 0 heterocycles. The lowest BCUT2D eigenvalue weighted by atomic mass is 9.98. The van der Waals surface area contributed by atoms with Gasteiger partial charge in [-0.1, -0.05) is 49.2 Å². The number of aliphatic carboxylic acids is 1. The number of carboxylic acid groups (broad SMARTS) is 1. The Labute approximate surface area is 151 Å². The van der Waals surface area contributed by atoms with Crippen molar-refractivity contribution in [3.63, 3.8) is 0 Å². The highest BCUT2D eigenvalue weighted by atomic mass is 35.5. The summed E-state index contributed by atoms with van der Waals surface area (Å²) < 4.78 is 13.9. The maximum Gasteiger partial charge on any atom is 0.347 e. The summed E-state index contributed by atoms with van der Waals surface area (Å²) in [5, 5.41) is 21.5. The monoisotopic (exact) mass is 365 g/mol. The standard InChI is InChI=1S/C19H21ClFNO3/c1-2-3-15(22-18(23)19(24)25)10-12-4-6-13(7-5-12)16-11-14(20)8-9-17(16)21/h4-9,11,15,18,22-23H,2-3,10H2,1H3,(H,24,25)/t15-,18?/m0/s1. The molecule has 2 aromatic carbocycles. The summed E-state index contributed by atoms with van der Waals surface area (Å²) >= 11 is 5.93. The fourth-order valence-electron chi connectivity index (χ4n) is 2.71. The average Bonchev–Trinajstić information content (AvgIpc) is 2.58. The predicted octanol–water partition coefficient (Wildman–Crippen LogP) is 3.85. The van der Waals surface area contributed by atoms with E-state index in [-0.39, 0.29) is 11.9 Å². The summed E-state index contributed by atoms with van der Waals surface area (Å²) in [6, 6.07) is 11.6. The third-order valence-corrected chi connectivity index (χ3v) is 4.18. The SMILES string of the molecule is CCC[C@@H](Cc1ccc(-c2cc(Cl)ccc2F)cc1)NC(O)C(=O)O. The van der Waals surface area contributed by atoms with Crippen LogP contribution < -0.4 is 5.32 Å². The van der Waals surface area contributed by atoms with Gasteiger partial charge in [-0.2, -0.15) is 0 Å². The van der Waals surface area contributed by atoms with E-state index in [1.54, 1.807) is 18.2 Å². The molecule has 0 aliphatic rings. The Balaban J connectivity index is 2.12. The molecular weight excluding hydrogens is 345 g/mol. The minimum absolute atomic E-state index is 0.162. The van der Waals surface area contributed by atoms with E-state index < -0.39 is 12.2 Å². The topological polar surface area (TPSA) is 69.6 Å². The predicted molar refractivity (Wildman–Crippen MR) is 96.0 cm³/mol. The molecule has 0 aliphatic carbocycles. The fourth-order valence-corrected chi connectivity index (χ4v) is 2.88. The molecule has 6 heteroatoms. The van der Waals surface area contributed by atoms with Crippen LogP contribution in [-0.2, 0) is 11.2 Å². The first-order valence-corrected chi connectivity index (χ1v) is 8.49. The lowest BCUT2D eigenvalue weighted by molar-refractivity contribution is -0.148. The Kier molecular flexibility index (Phi) is 6.93. The smallest absolute Gasteiger partial charge is 0.347 e. The number of aliphatic hydroxyl groups is 1. The molecule has 0 radical (unpaired) electrons. The average molecular weight is 366 g/mol. The molecule has 0 amide bonds. The van der Waals surface area contributed by atoms with Crippen LogP contribution in [0.25, 0.3) is 11.1 Å². The number of hydrogen-bond acceptors (Lipinski definition) is 3. The van der Waals surface area contributed by atoms with Crippen molar-refractivity contribution in [1.29, 1.82) is 0 Å². The van der Waals surface area contributed by atoms with Crippen LogP contribution >= 0.6 is 11.6 Å². The van der Waals surface area contributed by atoms with Gasteiger partial charge in [-0.3, -0.25) is 5.32 Å². The van der Waals surface area contributed by atoms with E-state index in [1.165, 1.54) is 12.1 Å². The van der Waals surface area contributed by atoms with E-state index in [2.05, 4.69) is 5.32 Å². The summed E-state index contributed by atoms with van der Waals surface area (Å²) in [7, 11) is 0. The molecule has 0 saturated heterocycles. The molecule has 134 valence electrons. The first-order chi connectivity index (χ1) is 11.9. The number of carbonyl (C=O) groups is 1. The molecule has 0 aliphatic heterocycles. The number of aliphatic hydroxyl groups excluding tert-OH is 1. The molecule has 0 aromatic heterocycles. The molecule has 0 fully saturated rings. The van der Waals surface area contributed by atoms with Gasteiger partial charge in [0.15, 0.2) is 0 Å². The molecule has 0 spiro atoms. The quantitative estimate of drug-likeness (QED) is 0.621. The molecule has 1 unspecified atom stereocenters. The Morgan fingerprint density at radius 3 is 2.52 bits per heavy atom. The zero-order chi connectivity index (χ0) is 18.4. The number of nitrogens with one attached hydrogen (secondary N) is 1. The van der Waals surface area contributed by atoms with Gasteiger partial charge < -0.3 is 10.2 Å². The second-order valence-electron chi connectivity index (χ2n) is 5.92. The molecule has 2 rings (SSSR count). The van der Waals surface area contributed by atoms with Crippen molar-refractivity contribution in [2.75, 3.05) is 0 Å². The van der Waals surface area contributed by atoms with Crippen molar-refractivity contribution < 1.29 is 19.4 Å². The largest absolute Gasteiger partial charge is 0.478 e. The van der Waals surface area contributed by atoms with Gasteiger partial charge in [0, 0.05) is 16.6 Å². The minimum Gasteiger partial charge on any atom is -0.478 e. The second kappa shape index (κ2) is 8.94. The van der Waals surface area contributed by atoms with Crippen molar-refractivity contribution in [3.05, 3.63) is 58.9 Å². The van der Waals surface area contributed by atoms with E-state index in [9.17, 15) is 14.3 Å². The van der Waals surface area contributed by atoms with Crippen molar-refractivity contribution in [1.82, 2.24) is 5.32 Å². The molecule has 3 N–H and O–H groups in total. The van der Waals surface area contributed by atoms with Gasteiger partial charge in [-0.05, 0) is 42.2 Å². The summed E-state index contributed by atoms with van der Waals surface area (Å²) in [5.74, 6) is -1.64. The van der Waals surface area contributed by atoms with Crippen molar-refractivity contribution in [2.24, 2.45) is 0 Å². The number of rotatable bonds is 8. The molecule has 4 nitrogen and oxygen atoms in total. The molecule has 0 bridgehead atoms. The fraction of sp³-hybridized carbons (Fsp3) is 0.316. The minimum atomic E-state index is -1.59. The van der Waals surface area contributed by atoms with Crippen LogP contribution in [0.2, 0.25) is 5.02 Å². The van der Waals surface area contributed by atoms with Crippen molar-refractivity contribution in [2.45, 2.75) is 38.5 Å². The van der Waals surface area contributed by atoms with Crippen LogP contribution in [0.4, 0.5) is 4.39 Å². The van der Waals surface area contributed by atoms with Gasteiger partial charge >= 0.3 is 5.97 Å². The van der Waals surface area contributed by atoms with Crippen LogP contribution in [0.15, 0.2) is 42.5 Å². The molecule has 2 aromatic rings. The van der Waals surface area contributed by atoms with Crippen LogP contribution in [0.1, 0.15) is 25.3 Å². The molecule has 25 heavy (non-hydrogen) atoms. The van der Waals surface area contributed by atoms with Crippen LogP contribution in [0.3, 0.4) is 0 Å². The summed E-state index contributed by atoms with van der Waals surface area (Å²) in [6.45, 7) is 1.99. The maximum absolute atomic E-state index is 13.9. The van der Waals surface area contributed by atoms with Gasteiger partial charge in [0.2, 0.25) is 6.23 Å². The Morgan fingerprint density at radius 2 is 1.92 bits per heavy atom. The zero-order valence-corrected chi connectivity index (χ0v) is 14.6. The van der Waals surface area contributed by atoms with E-state index in [4.69, 9.17) is 16.7 Å². The van der Waals surface area contributed by atoms with Gasteiger partial charge in [0.25, 0.3) is 0 Å². The first kappa shape index (κ1) is 19.4. The van der Waals surface area contributed by atoms with E-state index in [1.807, 2.05) is 19.1 Å². The third kappa shape index (κ3) is 5.53. The molecule has 2 atom stereocenters. The molecule has 0 saturated carbocycles. The lowest BCUT2D eigenvalue weighted by Crippen LogP contribution is -2.44. The van der Waals surface area contributed by atoms with Crippen LogP contribution in [0.5, 0.6) is 0 Å². The Morgan fingerprint density at radius 1 is 1.24 bits per heavy atom. The van der Waals surface area contributed by atoms with E-state index in [0.29, 0.717) is 22.6 Å². The van der Waals surface area contributed by atoms with Crippen molar-refractivity contribution >= 4 is 17.6 Å². The zero-order valence-electron chi connectivity index (χ0n) is 13.9. The van der Waals surface area contributed by atoms with Gasteiger partial charge in [0.1, 0.15) is 5.82 Å². The summed E-state index contributed by atoms with van der Waals surface area (Å²) in [5.41, 5.74) is 2.12. The van der Waals surface area contributed by atoms with Gasteiger partial charge in [-0.25, -0.2) is 9.18 Å². The Hall–Kier alpha value is -1.95. The highest BCUT2D eigenvalue weighted by molar-refractivity contribution is 6.30. The number of hydrogen-bond donors (Lipinski definition) is 3. The highest BCUT2D eigenvalue weighted by Crippen LogP contribution is 2.26. The van der Waals surface area contributed by atoms with E-state index in [0.717, 1.165) is 18.4 Å². The van der Waals surface area contributed by atoms with Gasteiger partial charge in [-0.15, -0.1) is 0 Å². The number of benzene rings is 2. The van der Waals surface area contributed by atoms with Crippen molar-refractivity contribution in [3.8, 4) is 11.1 Å². The third-order valence-electron chi connectivity index (χ3n) is 3.94. The van der Waals surface area contributed by atoms with Crippen LogP contribution in [0, 0.1) is 5.82 Å². The number of carboxylic acids is 1. The Bertz CT molecular complexity index is 721. The van der Waals surface area contributed by atoms with Crippen LogP contribution in [-0.4, -0.2) is 28.5 Å². The first-order valence-electron chi connectivity index (χ1n) is 8.12. The van der Waals surface area contributed by atoms with E-state index >= 15 is 0 Å². The normalized spacial score (nSPS) is 13.4. The molecular formula is C19H21ClFNO3. The summed E-state index contributed by atoms with van der Waals surface area (Å²) in [4.78, 5) is 10.8. The maximum atomic E-state index is 13.9. The highest BCUT2D eigenvalue weighted by Gasteiger charge is 2.18. The second-order valence-corrected chi connectivity index (χ2v) is 6.35. The van der Waals surface area contributed by atoms with Gasteiger partial charge in [0.05, 0.1) is 0 Å². The lowest BCUT2D eigenvalue weighted by Gasteiger charge is -2.20.